The summed E-state index contributed by atoms with van der Waals surface area (Å²) in [5, 5.41) is 8.03. The van der Waals surface area contributed by atoms with Gasteiger partial charge in [0.1, 0.15) is 6.04 Å². The highest BCUT2D eigenvalue weighted by Crippen LogP contribution is 2.24. The van der Waals surface area contributed by atoms with E-state index in [1.807, 2.05) is 42.5 Å². The molecule has 0 bridgehead atoms. The summed E-state index contributed by atoms with van der Waals surface area (Å²) in [6.07, 6.45) is 5.07. The fourth-order valence-electron chi connectivity index (χ4n) is 3.46. The first-order valence-corrected chi connectivity index (χ1v) is 9.86. The van der Waals surface area contributed by atoms with E-state index in [0.29, 0.717) is 0 Å². The van der Waals surface area contributed by atoms with Crippen molar-refractivity contribution in [2.24, 2.45) is 0 Å². The lowest BCUT2D eigenvalue weighted by molar-refractivity contribution is -0.120. The molecular weight excluding hydrogens is 352 g/mol. The minimum absolute atomic E-state index is 0.401. The molecule has 2 aromatic carbocycles. The van der Waals surface area contributed by atoms with Crippen LogP contribution in [0.3, 0.4) is 0 Å². The lowest BCUT2D eigenvalue weighted by atomic mass is 10.1. The molecule has 0 aliphatic carbocycles. The Bertz CT molecular complexity index is 769. The summed E-state index contributed by atoms with van der Waals surface area (Å²) in [6.45, 7) is 2.18. The molecule has 1 aliphatic rings. The van der Waals surface area contributed by atoms with Gasteiger partial charge in [0.25, 0.3) is 5.91 Å². The molecule has 6 heteroatoms. The zero-order valence-electron chi connectivity index (χ0n) is 16.3. The number of anilines is 2. The molecule has 0 aromatic heterocycles. The third kappa shape index (κ3) is 5.25. The van der Waals surface area contributed by atoms with E-state index in [-0.39, 0.29) is 0 Å². The molecule has 148 valence electrons. The van der Waals surface area contributed by atoms with Crippen LogP contribution in [0.25, 0.3) is 0 Å². The standard InChI is InChI=1S/C22H28N4O2/c1-23-22(28)25-21(27)20(17-9-5-4-6-10-17)24-18-11-13-19(14-12-18)26-15-7-2-3-8-16-26/h4-6,9-14,20,24H,2-3,7-8,15-16H2,1H3,(H2,23,25,27,28)/t20-/m1/s1. The van der Waals surface area contributed by atoms with Gasteiger partial charge >= 0.3 is 6.03 Å². The maximum absolute atomic E-state index is 12.6. The van der Waals surface area contributed by atoms with Gasteiger partial charge in [0.2, 0.25) is 0 Å². The smallest absolute Gasteiger partial charge is 0.321 e. The van der Waals surface area contributed by atoms with E-state index in [9.17, 15) is 9.59 Å². The molecule has 3 rings (SSSR count). The summed E-state index contributed by atoms with van der Waals surface area (Å²) in [5.74, 6) is -0.401. The van der Waals surface area contributed by atoms with E-state index in [1.54, 1.807) is 0 Å². The van der Waals surface area contributed by atoms with E-state index in [4.69, 9.17) is 0 Å². The molecule has 1 fully saturated rings. The monoisotopic (exact) mass is 380 g/mol. The summed E-state index contributed by atoms with van der Waals surface area (Å²) >= 11 is 0. The average molecular weight is 380 g/mol. The molecule has 0 spiro atoms. The van der Waals surface area contributed by atoms with Crippen LogP contribution in [0, 0.1) is 0 Å². The van der Waals surface area contributed by atoms with Crippen LogP contribution in [0.15, 0.2) is 54.6 Å². The van der Waals surface area contributed by atoms with Gasteiger partial charge in [-0.25, -0.2) is 4.79 Å². The Morgan fingerprint density at radius 2 is 1.54 bits per heavy atom. The number of nitrogens with zero attached hydrogens (tertiary/aromatic N) is 1. The Hall–Kier alpha value is -3.02. The zero-order valence-corrected chi connectivity index (χ0v) is 16.3. The topological polar surface area (TPSA) is 73.5 Å². The van der Waals surface area contributed by atoms with Crippen LogP contribution in [0.5, 0.6) is 0 Å². The maximum atomic E-state index is 12.6. The molecule has 2 aromatic rings. The van der Waals surface area contributed by atoms with Crippen molar-refractivity contribution in [2.45, 2.75) is 31.7 Å². The first-order valence-electron chi connectivity index (χ1n) is 9.86. The first-order chi connectivity index (χ1) is 13.7. The fraction of sp³-hybridized carbons (Fsp3) is 0.364. The number of amides is 3. The van der Waals surface area contributed by atoms with Gasteiger partial charge in [0.15, 0.2) is 0 Å². The van der Waals surface area contributed by atoms with Crippen molar-refractivity contribution < 1.29 is 9.59 Å². The van der Waals surface area contributed by atoms with Gasteiger partial charge in [-0.2, -0.15) is 0 Å². The molecule has 0 unspecified atom stereocenters. The van der Waals surface area contributed by atoms with Gasteiger partial charge in [-0.05, 0) is 42.7 Å². The van der Waals surface area contributed by atoms with E-state index in [1.165, 1.54) is 38.4 Å². The second-order valence-electron chi connectivity index (χ2n) is 7.00. The van der Waals surface area contributed by atoms with Gasteiger partial charge in [-0.1, -0.05) is 43.2 Å². The summed E-state index contributed by atoms with van der Waals surface area (Å²) in [7, 11) is 1.48. The third-order valence-electron chi connectivity index (χ3n) is 5.01. The largest absolute Gasteiger partial charge is 0.372 e. The Morgan fingerprint density at radius 3 is 2.14 bits per heavy atom. The number of hydrogen-bond donors (Lipinski definition) is 3. The zero-order chi connectivity index (χ0) is 19.8. The number of benzene rings is 2. The van der Waals surface area contributed by atoms with E-state index in [2.05, 4.69) is 33.0 Å². The van der Waals surface area contributed by atoms with Crippen molar-refractivity contribution in [3.05, 3.63) is 60.2 Å². The summed E-state index contributed by atoms with van der Waals surface area (Å²) in [5.41, 5.74) is 2.83. The molecule has 6 nitrogen and oxygen atoms in total. The molecule has 1 aliphatic heterocycles. The maximum Gasteiger partial charge on any atom is 0.321 e. The minimum Gasteiger partial charge on any atom is -0.372 e. The van der Waals surface area contributed by atoms with Crippen molar-refractivity contribution in [1.82, 2.24) is 10.6 Å². The lowest BCUT2D eigenvalue weighted by Gasteiger charge is -2.24. The number of nitrogens with one attached hydrogen (secondary N) is 3. The highest BCUT2D eigenvalue weighted by atomic mass is 16.2. The normalized spacial score (nSPS) is 15.2. The number of urea groups is 1. The van der Waals surface area contributed by atoms with Crippen molar-refractivity contribution >= 4 is 23.3 Å². The Balaban J connectivity index is 1.74. The number of carbonyl (C=O) groups excluding carboxylic acids is 2. The second-order valence-corrected chi connectivity index (χ2v) is 7.00. The van der Waals surface area contributed by atoms with Crippen LogP contribution < -0.4 is 20.9 Å². The van der Waals surface area contributed by atoms with E-state index < -0.39 is 18.0 Å². The van der Waals surface area contributed by atoms with Crippen LogP contribution >= 0.6 is 0 Å². The molecule has 0 saturated carbocycles. The quantitative estimate of drug-likeness (QED) is 0.740. The van der Waals surface area contributed by atoms with Crippen LogP contribution in [0.1, 0.15) is 37.3 Å². The Kier molecular flexibility index (Phi) is 6.89. The molecule has 1 heterocycles. The summed E-state index contributed by atoms with van der Waals surface area (Å²) in [4.78, 5) is 26.6. The van der Waals surface area contributed by atoms with Crippen molar-refractivity contribution in [2.75, 3.05) is 30.4 Å². The average Bonchev–Trinajstić information content (AvgIpc) is 3.02. The van der Waals surface area contributed by atoms with Gasteiger partial charge in [0.05, 0.1) is 0 Å². The number of imide groups is 1. The highest BCUT2D eigenvalue weighted by molar-refractivity contribution is 5.98. The third-order valence-corrected chi connectivity index (χ3v) is 5.01. The summed E-state index contributed by atoms with van der Waals surface area (Å²) < 4.78 is 0. The Labute approximate surface area is 166 Å². The molecule has 3 amide bonds. The molecule has 0 radical (unpaired) electrons. The van der Waals surface area contributed by atoms with Gasteiger partial charge in [-0.15, -0.1) is 0 Å². The number of carbonyl (C=O) groups is 2. The van der Waals surface area contributed by atoms with Gasteiger partial charge in [0, 0.05) is 31.5 Å². The molecule has 3 N–H and O–H groups in total. The number of hydrogen-bond acceptors (Lipinski definition) is 4. The van der Waals surface area contributed by atoms with E-state index in [0.717, 1.165) is 24.3 Å². The molecule has 28 heavy (non-hydrogen) atoms. The predicted molar refractivity (Wildman–Crippen MR) is 113 cm³/mol. The molecule has 1 atom stereocenters. The fourth-order valence-corrected chi connectivity index (χ4v) is 3.46. The van der Waals surface area contributed by atoms with Crippen molar-refractivity contribution in [3.63, 3.8) is 0 Å². The van der Waals surface area contributed by atoms with Crippen LogP contribution in [-0.2, 0) is 4.79 Å². The summed E-state index contributed by atoms with van der Waals surface area (Å²) in [6, 6.07) is 16.4. The predicted octanol–water partition coefficient (Wildman–Crippen LogP) is 3.68. The van der Waals surface area contributed by atoms with Crippen LogP contribution in [-0.4, -0.2) is 32.1 Å². The molecule has 1 saturated heterocycles. The van der Waals surface area contributed by atoms with Crippen LogP contribution in [0.2, 0.25) is 0 Å². The van der Waals surface area contributed by atoms with E-state index >= 15 is 0 Å². The second kappa shape index (κ2) is 9.78. The first kappa shape index (κ1) is 19.7. The van der Waals surface area contributed by atoms with Crippen molar-refractivity contribution in [1.29, 1.82) is 0 Å². The molecular formula is C22H28N4O2. The van der Waals surface area contributed by atoms with Crippen LogP contribution in [0.4, 0.5) is 16.2 Å². The number of rotatable bonds is 5. The van der Waals surface area contributed by atoms with Crippen molar-refractivity contribution in [3.8, 4) is 0 Å². The Morgan fingerprint density at radius 1 is 0.893 bits per heavy atom. The van der Waals surface area contributed by atoms with Gasteiger partial charge < -0.3 is 15.5 Å². The minimum atomic E-state index is -0.664. The SMILES string of the molecule is CNC(=O)NC(=O)[C@H](Nc1ccc(N2CCCCCC2)cc1)c1ccccc1. The lowest BCUT2D eigenvalue weighted by Crippen LogP contribution is -2.42. The van der Waals surface area contributed by atoms with Gasteiger partial charge in [-0.3, -0.25) is 10.1 Å². The highest BCUT2D eigenvalue weighted by Gasteiger charge is 2.22.